The zero-order chi connectivity index (χ0) is 16.8. The van der Waals surface area contributed by atoms with Gasteiger partial charge in [-0.05, 0) is 53.3 Å². The van der Waals surface area contributed by atoms with Crippen molar-refractivity contribution in [1.82, 2.24) is 4.90 Å². The van der Waals surface area contributed by atoms with Crippen molar-refractivity contribution >= 4 is 27.5 Å². The number of benzene rings is 2. The van der Waals surface area contributed by atoms with Gasteiger partial charge < -0.3 is 5.32 Å². The molecule has 0 spiro atoms. The summed E-state index contributed by atoms with van der Waals surface area (Å²) < 4.78 is 14.6. The highest BCUT2D eigenvalue weighted by atomic mass is 79.9. The largest absolute Gasteiger partial charge is 0.324 e. The van der Waals surface area contributed by atoms with Crippen LogP contribution in [0.25, 0.3) is 0 Å². The number of nitriles is 1. The van der Waals surface area contributed by atoms with Crippen LogP contribution in [0.15, 0.2) is 46.9 Å². The predicted octanol–water partition coefficient (Wildman–Crippen LogP) is 3.53. The van der Waals surface area contributed by atoms with Crippen LogP contribution < -0.4 is 5.32 Å². The molecular formula is C17H15BrFN3O. The summed E-state index contributed by atoms with van der Waals surface area (Å²) in [6.45, 7) is 0.349. The average molecular weight is 376 g/mol. The molecule has 0 bridgehead atoms. The van der Waals surface area contributed by atoms with Gasteiger partial charge in [-0.3, -0.25) is 9.69 Å². The molecule has 0 aliphatic heterocycles. The molecular weight excluding hydrogens is 361 g/mol. The normalized spacial score (nSPS) is 10.4. The molecule has 6 heteroatoms. The molecule has 2 rings (SSSR count). The molecule has 0 saturated carbocycles. The second kappa shape index (κ2) is 7.86. The van der Waals surface area contributed by atoms with Crippen molar-refractivity contribution < 1.29 is 9.18 Å². The molecule has 0 aliphatic carbocycles. The van der Waals surface area contributed by atoms with E-state index in [0.717, 1.165) is 4.47 Å². The number of carbonyl (C=O) groups is 1. The molecule has 118 valence electrons. The van der Waals surface area contributed by atoms with Gasteiger partial charge in [0.15, 0.2) is 0 Å². The van der Waals surface area contributed by atoms with E-state index in [9.17, 15) is 9.18 Å². The van der Waals surface area contributed by atoms with Gasteiger partial charge in [0.2, 0.25) is 5.91 Å². The van der Waals surface area contributed by atoms with E-state index in [2.05, 4.69) is 21.2 Å². The van der Waals surface area contributed by atoms with Crippen molar-refractivity contribution in [1.29, 1.82) is 5.26 Å². The topological polar surface area (TPSA) is 56.1 Å². The number of halogens is 2. The molecule has 1 N–H and O–H groups in total. The molecule has 2 aromatic rings. The summed E-state index contributed by atoms with van der Waals surface area (Å²) in [5.74, 6) is -0.585. The first-order valence-electron chi connectivity index (χ1n) is 6.91. The fourth-order valence-corrected chi connectivity index (χ4v) is 2.49. The highest BCUT2D eigenvalue weighted by Crippen LogP contribution is 2.21. The molecule has 0 aromatic heterocycles. The number of nitrogens with zero attached hydrogens (tertiary/aromatic N) is 2. The third-order valence-electron chi connectivity index (χ3n) is 3.18. The maximum atomic E-state index is 13.8. The van der Waals surface area contributed by atoms with Crippen molar-refractivity contribution in [3.63, 3.8) is 0 Å². The standard InChI is InChI=1S/C17H15BrFN3O/c1-22(10-13-8-12(9-20)6-7-15(13)19)11-17(23)21-16-5-3-2-4-14(16)18/h2-8H,10-11H2,1H3,(H,21,23). The van der Waals surface area contributed by atoms with Crippen LogP contribution in [-0.2, 0) is 11.3 Å². The van der Waals surface area contributed by atoms with E-state index in [1.54, 1.807) is 18.0 Å². The van der Waals surface area contributed by atoms with Crippen LogP contribution in [0.4, 0.5) is 10.1 Å². The molecule has 2 aromatic carbocycles. The lowest BCUT2D eigenvalue weighted by molar-refractivity contribution is -0.117. The van der Waals surface area contributed by atoms with Gasteiger partial charge in [-0.15, -0.1) is 0 Å². The number of para-hydroxylation sites is 1. The van der Waals surface area contributed by atoms with Gasteiger partial charge >= 0.3 is 0 Å². The average Bonchev–Trinajstić information content (AvgIpc) is 2.51. The van der Waals surface area contributed by atoms with Crippen LogP contribution >= 0.6 is 15.9 Å². The SMILES string of the molecule is CN(CC(=O)Nc1ccccc1Br)Cc1cc(C#N)ccc1F. The maximum absolute atomic E-state index is 13.8. The number of amides is 1. The summed E-state index contributed by atoms with van der Waals surface area (Å²) in [6, 6.07) is 13.5. The Balaban J connectivity index is 1.97. The Morgan fingerprint density at radius 1 is 1.35 bits per heavy atom. The minimum absolute atomic E-state index is 0.109. The number of anilines is 1. The molecule has 1 amide bonds. The Morgan fingerprint density at radius 3 is 2.78 bits per heavy atom. The molecule has 23 heavy (non-hydrogen) atoms. The monoisotopic (exact) mass is 375 g/mol. The zero-order valence-electron chi connectivity index (χ0n) is 12.5. The summed E-state index contributed by atoms with van der Waals surface area (Å²) in [7, 11) is 1.72. The van der Waals surface area contributed by atoms with E-state index >= 15 is 0 Å². The third-order valence-corrected chi connectivity index (χ3v) is 3.87. The Labute approximate surface area is 142 Å². The highest BCUT2D eigenvalue weighted by Gasteiger charge is 2.11. The number of likely N-dealkylation sites (N-methyl/N-ethyl adjacent to an activating group) is 1. The molecule has 0 fully saturated rings. The van der Waals surface area contributed by atoms with Crippen LogP contribution in [0.5, 0.6) is 0 Å². The lowest BCUT2D eigenvalue weighted by Crippen LogP contribution is -2.30. The minimum atomic E-state index is -0.387. The number of carbonyl (C=O) groups excluding carboxylic acids is 1. The van der Waals surface area contributed by atoms with E-state index in [1.165, 1.54) is 18.2 Å². The molecule has 0 heterocycles. The minimum Gasteiger partial charge on any atom is -0.324 e. The van der Waals surface area contributed by atoms with Crippen LogP contribution in [0, 0.1) is 17.1 Å². The molecule has 0 unspecified atom stereocenters. The third kappa shape index (κ3) is 4.88. The zero-order valence-corrected chi connectivity index (χ0v) is 14.1. The maximum Gasteiger partial charge on any atom is 0.238 e. The lowest BCUT2D eigenvalue weighted by Gasteiger charge is -2.17. The van der Waals surface area contributed by atoms with Gasteiger partial charge in [0.05, 0.1) is 23.9 Å². The van der Waals surface area contributed by atoms with E-state index in [4.69, 9.17) is 5.26 Å². The molecule has 0 atom stereocenters. The second-order valence-corrected chi connectivity index (χ2v) is 5.97. The Kier molecular flexibility index (Phi) is 5.85. The Morgan fingerprint density at radius 2 is 2.09 bits per heavy atom. The van der Waals surface area contributed by atoms with Crippen molar-refractivity contribution in [2.24, 2.45) is 0 Å². The lowest BCUT2D eigenvalue weighted by atomic mass is 10.1. The predicted molar refractivity (Wildman–Crippen MR) is 90.2 cm³/mol. The molecule has 0 aliphatic rings. The van der Waals surface area contributed by atoms with Crippen LogP contribution in [0.3, 0.4) is 0 Å². The summed E-state index contributed by atoms with van der Waals surface area (Å²) in [5, 5.41) is 11.7. The van der Waals surface area contributed by atoms with Crippen molar-refractivity contribution in [3.8, 4) is 6.07 Å². The van der Waals surface area contributed by atoms with Crippen molar-refractivity contribution in [2.75, 3.05) is 18.9 Å². The first-order chi connectivity index (χ1) is 11.0. The highest BCUT2D eigenvalue weighted by molar-refractivity contribution is 9.10. The quantitative estimate of drug-likeness (QED) is 0.869. The fourth-order valence-electron chi connectivity index (χ4n) is 2.11. The second-order valence-electron chi connectivity index (χ2n) is 5.12. The summed E-state index contributed by atoms with van der Waals surface area (Å²) in [4.78, 5) is 13.7. The van der Waals surface area contributed by atoms with Crippen LogP contribution in [-0.4, -0.2) is 24.4 Å². The van der Waals surface area contributed by atoms with E-state index in [0.29, 0.717) is 16.8 Å². The smallest absolute Gasteiger partial charge is 0.238 e. The van der Waals surface area contributed by atoms with Gasteiger partial charge in [0.1, 0.15) is 5.82 Å². The first-order valence-corrected chi connectivity index (χ1v) is 7.70. The van der Waals surface area contributed by atoms with Crippen LogP contribution in [0.1, 0.15) is 11.1 Å². The van der Waals surface area contributed by atoms with E-state index in [-0.39, 0.29) is 24.8 Å². The molecule has 0 radical (unpaired) electrons. The molecule has 4 nitrogen and oxygen atoms in total. The number of hydrogen-bond acceptors (Lipinski definition) is 3. The van der Waals surface area contributed by atoms with Gasteiger partial charge in [-0.1, -0.05) is 12.1 Å². The Hall–Kier alpha value is -2.23. The number of rotatable bonds is 5. The number of nitrogens with one attached hydrogen (secondary N) is 1. The molecule has 0 saturated heterocycles. The van der Waals surface area contributed by atoms with Crippen molar-refractivity contribution in [2.45, 2.75) is 6.54 Å². The summed E-state index contributed by atoms with van der Waals surface area (Å²) in [5.41, 5.74) is 1.47. The number of hydrogen-bond donors (Lipinski definition) is 1. The van der Waals surface area contributed by atoms with Crippen molar-refractivity contribution in [3.05, 3.63) is 63.9 Å². The van der Waals surface area contributed by atoms with E-state index in [1.807, 2.05) is 24.3 Å². The summed E-state index contributed by atoms with van der Waals surface area (Å²) >= 11 is 3.36. The fraction of sp³-hybridized carbons (Fsp3) is 0.176. The first kappa shape index (κ1) is 17.1. The van der Waals surface area contributed by atoms with Gasteiger partial charge in [0, 0.05) is 16.6 Å². The summed E-state index contributed by atoms with van der Waals surface area (Å²) in [6.07, 6.45) is 0. The van der Waals surface area contributed by atoms with Gasteiger partial charge in [-0.2, -0.15) is 5.26 Å². The van der Waals surface area contributed by atoms with Gasteiger partial charge in [-0.25, -0.2) is 4.39 Å². The van der Waals surface area contributed by atoms with E-state index < -0.39 is 0 Å². The Bertz CT molecular complexity index is 758. The van der Waals surface area contributed by atoms with Gasteiger partial charge in [0.25, 0.3) is 0 Å². The van der Waals surface area contributed by atoms with Crippen LogP contribution in [0.2, 0.25) is 0 Å².